The lowest BCUT2D eigenvalue weighted by Gasteiger charge is -2.20. The monoisotopic (exact) mass is 496 g/mol. The Balaban J connectivity index is 1.59. The Labute approximate surface area is 205 Å². The minimum Gasteiger partial charge on any atom is -0.457 e. The van der Waals surface area contributed by atoms with Crippen LogP contribution in [-0.4, -0.2) is 44.3 Å². The number of nitrogens with one attached hydrogen (secondary N) is 1. The van der Waals surface area contributed by atoms with E-state index in [2.05, 4.69) is 5.32 Å². The summed E-state index contributed by atoms with van der Waals surface area (Å²) in [5.74, 6) is -0.0169. The van der Waals surface area contributed by atoms with E-state index >= 15 is 0 Å². The van der Waals surface area contributed by atoms with Crippen LogP contribution in [0.1, 0.15) is 29.8 Å². The quantitative estimate of drug-likeness (QED) is 0.411. The van der Waals surface area contributed by atoms with Crippen LogP contribution in [0.2, 0.25) is 0 Å². The second-order valence-electron chi connectivity index (χ2n) is 7.63. The zero-order chi connectivity index (χ0) is 25.4. The van der Waals surface area contributed by atoms with Crippen molar-refractivity contribution in [2.24, 2.45) is 0 Å². The molecule has 1 N–H and O–H groups in total. The Morgan fingerprint density at radius 1 is 0.886 bits per heavy atom. The normalized spacial score (nSPS) is 11.2. The van der Waals surface area contributed by atoms with Crippen molar-refractivity contribution in [2.45, 2.75) is 25.7 Å². The van der Waals surface area contributed by atoms with E-state index < -0.39 is 28.5 Å². The number of hydrogen-bond donors (Lipinski definition) is 1. The van der Waals surface area contributed by atoms with E-state index in [9.17, 15) is 18.0 Å². The van der Waals surface area contributed by atoms with Gasteiger partial charge >= 0.3 is 5.97 Å². The fourth-order valence-electron chi connectivity index (χ4n) is 3.35. The van der Waals surface area contributed by atoms with Crippen molar-refractivity contribution in [3.05, 3.63) is 83.9 Å². The fraction of sp³-hybridized carbons (Fsp3) is 0.231. The first-order valence-electron chi connectivity index (χ1n) is 11.1. The van der Waals surface area contributed by atoms with Crippen LogP contribution < -0.4 is 10.1 Å². The van der Waals surface area contributed by atoms with E-state index in [0.29, 0.717) is 35.8 Å². The third-order valence-corrected chi connectivity index (χ3v) is 7.39. The van der Waals surface area contributed by atoms with Crippen LogP contribution in [0.25, 0.3) is 0 Å². The zero-order valence-corrected chi connectivity index (χ0v) is 20.7. The van der Waals surface area contributed by atoms with E-state index in [1.807, 2.05) is 30.3 Å². The SMILES string of the molecule is CCN(CC)S(=O)(=O)c1cc(C(=O)OCC(=O)Nc2ccc(Oc3ccccc3)cc2)ccc1C. The van der Waals surface area contributed by atoms with E-state index in [1.54, 1.807) is 51.1 Å². The summed E-state index contributed by atoms with van der Waals surface area (Å²) in [5.41, 5.74) is 1.08. The summed E-state index contributed by atoms with van der Waals surface area (Å²) in [7, 11) is -3.75. The number of para-hydroxylation sites is 1. The van der Waals surface area contributed by atoms with E-state index in [4.69, 9.17) is 9.47 Å². The Kier molecular flexibility index (Phi) is 8.62. The van der Waals surface area contributed by atoms with Gasteiger partial charge in [0.15, 0.2) is 6.61 Å². The largest absolute Gasteiger partial charge is 0.457 e. The van der Waals surface area contributed by atoms with Crippen molar-refractivity contribution in [3.8, 4) is 11.5 Å². The van der Waals surface area contributed by atoms with Gasteiger partial charge in [0.2, 0.25) is 10.0 Å². The molecule has 0 radical (unpaired) electrons. The standard InChI is InChI=1S/C26H28N2O6S/c1-4-28(5-2)35(31,32)24-17-20(12-11-19(24)3)26(30)33-18-25(29)27-21-13-15-23(16-14-21)34-22-9-7-6-8-10-22/h6-17H,4-5,18H2,1-3H3,(H,27,29). The van der Waals surface area contributed by atoms with Gasteiger partial charge in [0.05, 0.1) is 10.5 Å². The van der Waals surface area contributed by atoms with Crippen LogP contribution in [-0.2, 0) is 19.6 Å². The van der Waals surface area contributed by atoms with Crippen molar-refractivity contribution < 1.29 is 27.5 Å². The van der Waals surface area contributed by atoms with Gasteiger partial charge in [0.1, 0.15) is 11.5 Å². The molecule has 184 valence electrons. The van der Waals surface area contributed by atoms with Gasteiger partial charge in [0.25, 0.3) is 5.91 Å². The molecular formula is C26H28N2O6S. The second kappa shape index (κ2) is 11.6. The Morgan fingerprint density at radius 2 is 1.51 bits per heavy atom. The highest BCUT2D eigenvalue weighted by atomic mass is 32.2. The number of esters is 1. The molecule has 0 aliphatic carbocycles. The molecule has 0 spiro atoms. The molecule has 3 aromatic rings. The highest BCUT2D eigenvalue weighted by molar-refractivity contribution is 7.89. The van der Waals surface area contributed by atoms with Crippen LogP contribution >= 0.6 is 0 Å². The predicted octanol–water partition coefficient (Wildman–Crippen LogP) is 4.61. The van der Waals surface area contributed by atoms with Gasteiger partial charge in [0, 0.05) is 18.8 Å². The molecule has 8 nitrogen and oxygen atoms in total. The molecule has 0 atom stereocenters. The molecule has 9 heteroatoms. The number of sulfonamides is 1. The molecule has 1 amide bonds. The summed E-state index contributed by atoms with van der Waals surface area (Å²) in [6.07, 6.45) is 0. The smallest absolute Gasteiger partial charge is 0.338 e. The molecule has 0 fully saturated rings. The van der Waals surface area contributed by atoms with Crippen LogP contribution in [0.4, 0.5) is 5.69 Å². The topological polar surface area (TPSA) is 102 Å². The van der Waals surface area contributed by atoms with Crippen molar-refractivity contribution in [1.29, 1.82) is 0 Å². The molecule has 35 heavy (non-hydrogen) atoms. The maximum absolute atomic E-state index is 12.9. The molecule has 3 aromatic carbocycles. The Morgan fingerprint density at radius 3 is 2.14 bits per heavy atom. The van der Waals surface area contributed by atoms with Crippen molar-refractivity contribution >= 4 is 27.6 Å². The summed E-state index contributed by atoms with van der Waals surface area (Å²) in [5, 5.41) is 2.64. The number of hydrogen-bond acceptors (Lipinski definition) is 6. The Bertz CT molecular complexity index is 1270. The van der Waals surface area contributed by atoms with E-state index in [-0.39, 0.29) is 10.5 Å². The van der Waals surface area contributed by atoms with Crippen molar-refractivity contribution in [2.75, 3.05) is 25.0 Å². The number of benzene rings is 3. The molecule has 0 unspecified atom stereocenters. The summed E-state index contributed by atoms with van der Waals surface area (Å²) in [6, 6.07) is 20.4. The number of carbonyl (C=O) groups excluding carboxylic acids is 2. The molecule has 0 heterocycles. The van der Waals surface area contributed by atoms with Crippen molar-refractivity contribution in [1.82, 2.24) is 4.31 Å². The highest BCUT2D eigenvalue weighted by Gasteiger charge is 2.25. The summed E-state index contributed by atoms with van der Waals surface area (Å²) in [4.78, 5) is 24.8. The minimum atomic E-state index is -3.75. The number of aryl methyl sites for hydroxylation is 1. The van der Waals surface area contributed by atoms with Gasteiger partial charge in [-0.05, 0) is 61.0 Å². The van der Waals surface area contributed by atoms with Gasteiger partial charge in [-0.25, -0.2) is 13.2 Å². The summed E-state index contributed by atoms with van der Waals surface area (Å²) in [6.45, 7) is 5.26. The first kappa shape index (κ1) is 25.9. The number of amides is 1. The minimum absolute atomic E-state index is 0.0397. The fourth-order valence-corrected chi connectivity index (χ4v) is 5.06. The van der Waals surface area contributed by atoms with Crippen LogP contribution in [0.5, 0.6) is 11.5 Å². The molecule has 0 saturated carbocycles. The van der Waals surface area contributed by atoms with Gasteiger partial charge in [-0.15, -0.1) is 0 Å². The molecule has 0 aliphatic heterocycles. The van der Waals surface area contributed by atoms with Gasteiger partial charge in [-0.3, -0.25) is 4.79 Å². The molecule has 0 bridgehead atoms. The maximum Gasteiger partial charge on any atom is 0.338 e. The van der Waals surface area contributed by atoms with Gasteiger partial charge in [-0.2, -0.15) is 4.31 Å². The number of ether oxygens (including phenoxy) is 2. The lowest BCUT2D eigenvalue weighted by atomic mass is 10.1. The lowest BCUT2D eigenvalue weighted by molar-refractivity contribution is -0.119. The average molecular weight is 497 g/mol. The van der Waals surface area contributed by atoms with Gasteiger partial charge in [-0.1, -0.05) is 38.1 Å². The molecule has 0 aliphatic rings. The molecular weight excluding hydrogens is 468 g/mol. The molecule has 0 aromatic heterocycles. The number of anilines is 1. The third kappa shape index (κ3) is 6.68. The summed E-state index contributed by atoms with van der Waals surface area (Å²) >= 11 is 0. The van der Waals surface area contributed by atoms with E-state index in [1.165, 1.54) is 16.4 Å². The predicted molar refractivity (Wildman–Crippen MR) is 133 cm³/mol. The lowest BCUT2D eigenvalue weighted by Crippen LogP contribution is -2.31. The summed E-state index contributed by atoms with van der Waals surface area (Å²) < 4.78 is 37.9. The zero-order valence-electron chi connectivity index (χ0n) is 19.9. The maximum atomic E-state index is 12.9. The second-order valence-corrected chi connectivity index (χ2v) is 9.54. The highest BCUT2D eigenvalue weighted by Crippen LogP contribution is 2.23. The first-order chi connectivity index (χ1) is 16.7. The average Bonchev–Trinajstić information content (AvgIpc) is 2.85. The number of rotatable bonds is 10. The third-order valence-electron chi connectivity index (χ3n) is 5.20. The van der Waals surface area contributed by atoms with Crippen LogP contribution in [0.15, 0.2) is 77.7 Å². The number of nitrogens with zero attached hydrogens (tertiary/aromatic N) is 1. The van der Waals surface area contributed by atoms with Gasteiger partial charge < -0.3 is 14.8 Å². The Hall–Kier alpha value is -3.69. The van der Waals surface area contributed by atoms with E-state index in [0.717, 1.165) is 0 Å². The first-order valence-corrected chi connectivity index (χ1v) is 12.6. The molecule has 0 saturated heterocycles. The van der Waals surface area contributed by atoms with Crippen LogP contribution in [0.3, 0.4) is 0 Å². The van der Waals surface area contributed by atoms with Crippen molar-refractivity contribution in [3.63, 3.8) is 0 Å². The number of carbonyl (C=O) groups is 2. The molecule has 3 rings (SSSR count). The van der Waals surface area contributed by atoms with Crippen LogP contribution in [0, 0.1) is 6.92 Å².